The summed E-state index contributed by atoms with van der Waals surface area (Å²) in [6, 6.07) is 0. The van der Waals surface area contributed by atoms with E-state index in [9.17, 15) is 0 Å². The van der Waals surface area contributed by atoms with Crippen molar-refractivity contribution >= 4 is 12.2 Å². The topological polar surface area (TPSA) is 81.8 Å². The Morgan fingerprint density at radius 1 is 1.36 bits per heavy atom. The van der Waals surface area contributed by atoms with E-state index in [-0.39, 0.29) is 0 Å². The van der Waals surface area contributed by atoms with Crippen LogP contribution in [0.3, 0.4) is 0 Å². The third kappa shape index (κ3) is 1440. The van der Waals surface area contributed by atoms with Gasteiger partial charge in [-0.3, -0.25) is 0 Å². The van der Waals surface area contributed by atoms with Crippen LogP contribution in [-0.4, -0.2) is 12.2 Å². The highest BCUT2D eigenvalue weighted by Gasteiger charge is 1.61. The fourth-order valence-electron chi connectivity index (χ4n) is 0.204. The van der Waals surface area contributed by atoms with Gasteiger partial charge >= 0.3 is 0 Å². The molecule has 0 fully saturated rings. The molecule has 11 heavy (non-hydrogen) atoms. The van der Waals surface area contributed by atoms with Gasteiger partial charge in [0.1, 0.15) is 0 Å². The van der Waals surface area contributed by atoms with Crippen LogP contribution in [0.2, 0.25) is 0 Å². The van der Waals surface area contributed by atoms with Gasteiger partial charge in [-0.1, -0.05) is 19.4 Å². The minimum absolute atomic E-state index is 0.750. The lowest BCUT2D eigenvalue weighted by atomic mass is 10.3. The maximum Gasteiger partial charge on any atom is 0.231 e. The highest BCUT2D eigenvalue weighted by atomic mass is 16.1. The van der Waals surface area contributed by atoms with Crippen molar-refractivity contribution in [3.05, 3.63) is 12.7 Å². The standard InChI is InChI=1S/C5H10.2CHNO/c1-3-5-4-2;2*2-1-3/h3H,1,4-5H2,2H3;2*2H. The van der Waals surface area contributed by atoms with E-state index >= 15 is 0 Å². The van der Waals surface area contributed by atoms with Crippen LogP contribution in [0.1, 0.15) is 19.8 Å². The first-order valence-corrected chi connectivity index (χ1v) is 2.93. The van der Waals surface area contributed by atoms with Gasteiger partial charge in [0.2, 0.25) is 12.2 Å². The fraction of sp³-hybridized carbons (Fsp3) is 0.429. The quantitative estimate of drug-likeness (QED) is 0.363. The van der Waals surface area contributed by atoms with Crippen molar-refractivity contribution < 1.29 is 9.59 Å². The number of unbranched alkanes of at least 4 members (excludes halogenated alkanes) is 1. The lowest BCUT2D eigenvalue weighted by molar-refractivity contribution is 0.562. The van der Waals surface area contributed by atoms with Crippen LogP contribution in [0, 0.1) is 10.8 Å². The molecule has 0 aromatic rings. The molecule has 0 aliphatic carbocycles. The number of allylic oxidation sites excluding steroid dienone is 1. The van der Waals surface area contributed by atoms with Gasteiger partial charge in [-0.25, -0.2) is 20.4 Å². The van der Waals surface area contributed by atoms with Crippen molar-refractivity contribution in [2.24, 2.45) is 0 Å². The normalized spacial score (nSPS) is 4.82. The molecule has 0 aromatic carbocycles. The van der Waals surface area contributed by atoms with Crippen LogP contribution in [0.15, 0.2) is 12.7 Å². The van der Waals surface area contributed by atoms with Crippen molar-refractivity contribution in [3.8, 4) is 0 Å². The van der Waals surface area contributed by atoms with Crippen LogP contribution >= 0.6 is 0 Å². The van der Waals surface area contributed by atoms with Gasteiger partial charge in [-0.05, 0) is 6.42 Å². The minimum atomic E-state index is 0.750. The predicted octanol–water partition coefficient (Wildman–Crippen LogP) is 1.77. The molecule has 0 atom stereocenters. The average molecular weight is 156 g/mol. The number of carbonyl (C=O) groups excluding carboxylic acids is 2. The Bertz CT molecular complexity index is 119. The Hall–Kier alpha value is -1.50. The zero-order valence-electron chi connectivity index (χ0n) is 6.52. The number of nitrogens with one attached hydrogen (secondary N) is 2. The fourth-order valence-corrected chi connectivity index (χ4v) is 0.204. The molecule has 0 bridgehead atoms. The molecular weight excluding hydrogens is 144 g/mol. The zero-order valence-corrected chi connectivity index (χ0v) is 6.52. The second-order valence-corrected chi connectivity index (χ2v) is 1.28. The molecule has 0 aliphatic rings. The Morgan fingerprint density at radius 3 is 1.64 bits per heavy atom. The first-order valence-electron chi connectivity index (χ1n) is 2.93. The van der Waals surface area contributed by atoms with E-state index in [1.807, 2.05) is 6.08 Å². The number of hydrogen-bond acceptors (Lipinski definition) is 4. The third-order valence-electron chi connectivity index (χ3n) is 0.493. The molecule has 0 aliphatic heterocycles. The first kappa shape index (κ1) is 16.2. The average Bonchev–Trinajstić information content (AvgIpc) is 1.92. The van der Waals surface area contributed by atoms with E-state index in [1.54, 1.807) is 0 Å². The van der Waals surface area contributed by atoms with Gasteiger partial charge in [0, 0.05) is 0 Å². The predicted molar refractivity (Wildman–Crippen MR) is 41.9 cm³/mol. The van der Waals surface area contributed by atoms with E-state index in [4.69, 9.17) is 20.4 Å². The summed E-state index contributed by atoms with van der Waals surface area (Å²) >= 11 is 0. The summed E-state index contributed by atoms with van der Waals surface area (Å²) in [4.78, 5) is 16.7. The Balaban J connectivity index is -0.0000000933. The molecule has 62 valence electrons. The van der Waals surface area contributed by atoms with E-state index < -0.39 is 0 Å². The molecule has 0 radical (unpaired) electrons. The van der Waals surface area contributed by atoms with Crippen LogP contribution in [0.25, 0.3) is 0 Å². The van der Waals surface area contributed by atoms with Crippen LogP contribution in [0.5, 0.6) is 0 Å². The zero-order chi connectivity index (χ0) is 9.54. The molecule has 0 aromatic heterocycles. The second kappa shape index (κ2) is 39.0. The Morgan fingerprint density at radius 2 is 1.64 bits per heavy atom. The monoisotopic (exact) mass is 156 g/mol. The lowest BCUT2D eigenvalue weighted by Gasteiger charge is -1.72. The summed E-state index contributed by atoms with van der Waals surface area (Å²) in [7, 11) is 0. The summed E-state index contributed by atoms with van der Waals surface area (Å²) in [5.74, 6) is 0. The van der Waals surface area contributed by atoms with Crippen LogP contribution < -0.4 is 0 Å². The van der Waals surface area contributed by atoms with E-state index in [0.717, 1.165) is 18.6 Å². The van der Waals surface area contributed by atoms with Gasteiger partial charge in [0.05, 0.1) is 0 Å². The van der Waals surface area contributed by atoms with Gasteiger partial charge in [0.25, 0.3) is 0 Å². The second-order valence-electron chi connectivity index (χ2n) is 1.28. The maximum absolute atomic E-state index is 8.35. The molecule has 0 spiro atoms. The molecule has 0 heterocycles. The summed E-state index contributed by atoms with van der Waals surface area (Å²) in [5.41, 5.74) is 0. The minimum Gasteiger partial charge on any atom is -0.222 e. The number of hydrogen-bond donors (Lipinski definition) is 2. The number of isocyanates is 2. The van der Waals surface area contributed by atoms with E-state index in [2.05, 4.69) is 13.5 Å². The van der Waals surface area contributed by atoms with Crippen molar-refractivity contribution in [1.82, 2.24) is 0 Å². The Kier molecular flexibility index (Phi) is 57.6. The largest absolute Gasteiger partial charge is 0.231 e. The van der Waals surface area contributed by atoms with Crippen LogP contribution in [-0.2, 0) is 9.59 Å². The van der Waals surface area contributed by atoms with Crippen molar-refractivity contribution in [1.29, 1.82) is 10.8 Å². The van der Waals surface area contributed by atoms with Crippen molar-refractivity contribution in [3.63, 3.8) is 0 Å². The molecule has 2 N–H and O–H groups in total. The van der Waals surface area contributed by atoms with Crippen LogP contribution in [0.4, 0.5) is 0 Å². The van der Waals surface area contributed by atoms with E-state index in [1.165, 1.54) is 6.42 Å². The van der Waals surface area contributed by atoms with Gasteiger partial charge < -0.3 is 0 Å². The molecule has 4 heteroatoms. The number of rotatable bonds is 2. The molecule has 0 saturated heterocycles. The lowest BCUT2D eigenvalue weighted by Crippen LogP contribution is -1.52. The van der Waals surface area contributed by atoms with Gasteiger partial charge in [0.15, 0.2) is 0 Å². The molecule has 4 nitrogen and oxygen atoms in total. The van der Waals surface area contributed by atoms with E-state index in [0.29, 0.717) is 0 Å². The Labute approximate surface area is 65.9 Å². The first-order chi connectivity index (χ1) is 5.24. The highest BCUT2D eigenvalue weighted by Crippen LogP contribution is 1.82. The molecule has 0 saturated carbocycles. The molecule has 0 rings (SSSR count). The van der Waals surface area contributed by atoms with Gasteiger partial charge in [-0.2, -0.15) is 0 Å². The summed E-state index contributed by atoms with van der Waals surface area (Å²) < 4.78 is 0. The SMILES string of the molecule is C=CCCC.N=C=O.N=C=O. The third-order valence-corrected chi connectivity index (χ3v) is 0.493. The molecule has 0 amide bonds. The molecule has 0 unspecified atom stereocenters. The van der Waals surface area contributed by atoms with Crippen molar-refractivity contribution in [2.75, 3.05) is 0 Å². The summed E-state index contributed by atoms with van der Waals surface area (Å²) in [5, 5.41) is 10.8. The summed E-state index contributed by atoms with van der Waals surface area (Å²) in [6.07, 6.45) is 5.81. The molecular formula is C7H12N2O2. The maximum atomic E-state index is 8.35. The highest BCUT2D eigenvalue weighted by molar-refractivity contribution is 5.26. The van der Waals surface area contributed by atoms with Gasteiger partial charge in [-0.15, -0.1) is 6.58 Å². The summed E-state index contributed by atoms with van der Waals surface area (Å²) in [6.45, 7) is 5.69. The smallest absolute Gasteiger partial charge is 0.222 e. The van der Waals surface area contributed by atoms with Crippen molar-refractivity contribution in [2.45, 2.75) is 19.8 Å².